The van der Waals surface area contributed by atoms with Crippen molar-refractivity contribution in [2.75, 3.05) is 25.1 Å². The first-order chi connectivity index (χ1) is 16.4. The van der Waals surface area contributed by atoms with Gasteiger partial charge >= 0.3 is 0 Å². The van der Waals surface area contributed by atoms with E-state index in [0.29, 0.717) is 25.3 Å². The molecule has 1 atom stereocenters. The zero-order valence-electron chi connectivity index (χ0n) is 19.3. The number of methoxy groups -OCH3 is 1. The fourth-order valence-corrected chi connectivity index (χ4v) is 5.84. The SMILES string of the molecule is COc1ccc(N2CC(C(=O)NCCc3ccc(S(=O)(=O)NC4CCCC4)cc3)CC2=O)cc1. The second-order valence-electron chi connectivity index (χ2n) is 8.89. The summed E-state index contributed by atoms with van der Waals surface area (Å²) in [6.07, 6.45) is 4.66. The minimum Gasteiger partial charge on any atom is -0.497 e. The van der Waals surface area contributed by atoms with Crippen LogP contribution in [-0.2, 0) is 26.0 Å². The highest BCUT2D eigenvalue weighted by Gasteiger charge is 2.35. The summed E-state index contributed by atoms with van der Waals surface area (Å²) in [6, 6.07) is 14.0. The maximum Gasteiger partial charge on any atom is 0.240 e. The van der Waals surface area contributed by atoms with Crippen molar-refractivity contribution in [3.05, 3.63) is 54.1 Å². The van der Waals surface area contributed by atoms with Crippen LogP contribution in [0.3, 0.4) is 0 Å². The predicted molar refractivity (Wildman–Crippen MR) is 129 cm³/mol. The van der Waals surface area contributed by atoms with Crippen LogP contribution in [-0.4, -0.2) is 46.5 Å². The Morgan fingerprint density at radius 3 is 2.38 bits per heavy atom. The molecule has 2 aromatic rings. The second-order valence-corrected chi connectivity index (χ2v) is 10.6. The molecular formula is C25H31N3O5S. The van der Waals surface area contributed by atoms with Gasteiger partial charge in [0, 0.05) is 31.2 Å². The third kappa shape index (κ3) is 5.77. The summed E-state index contributed by atoms with van der Waals surface area (Å²) in [4.78, 5) is 26.9. The molecule has 0 aromatic heterocycles. The lowest BCUT2D eigenvalue weighted by molar-refractivity contribution is -0.126. The highest BCUT2D eigenvalue weighted by molar-refractivity contribution is 7.89. The Bertz CT molecular complexity index is 1110. The number of nitrogens with zero attached hydrogens (tertiary/aromatic N) is 1. The van der Waals surface area contributed by atoms with Gasteiger partial charge in [-0.2, -0.15) is 0 Å². The van der Waals surface area contributed by atoms with Gasteiger partial charge in [0.15, 0.2) is 0 Å². The van der Waals surface area contributed by atoms with Crippen LogP contribution in [0.1, 0.15) is 37.7 Å². The topological polar surface area (TPSA) is 105 Å². The quantitative estimate of drug-likeness (QED) is 0.568. The molecule has 0 bridgehead atoms. The number of carbonyl (C=O) groups excluding carboxylic acids is 2. The van der Waals surface area contributed by atoms with Gasteiger partial charge in [-0.25, -0.2) is 13.1 Å². The molecule has 0 spiro atoms. The fraction of sp³-hybridized carbons (Fsp3) is 0.440. The van der Waals surface area contributed by atoms with Gasteiger partial charge in [0.1, 0.15) is 5.75 Å². The molecule has 182 valence electrons. The van der Waals surface area contributed by atoms with Crippen LogP contribution in [0.25, 0.3) is 0 Å². The Labute approximate surface area is 200 Å². The number of ether oxygens (including phenoxy) is 1. The number of carbonyl (C=O) groups is 2. The maximum atomic E-state index is 12.6. The first-order valence-electron chi connectivity index (χ1n) is 11.7. The number of benzene rings is 2. The Morgan fingerprint density at radius 2 is 1.74 bits per heavy atom. The third-order valence-corrected chi connectivity index (χ3v) is 8.04. The van der Waals surface area contributed by atoms with Crippen molar-refractivity contribution in [2.45, 2.75) is 49.5 Å². The molecule has 1 saturated heterocycles. The van der Waals surface area contributed by atoms with E-state index < -0.39 is 15.9 Å². The van der Waals surface area contributed by atoms with E-state index in [4.69, 9.17) is 4.74 Å². The highest BCUT2D eigenvalue weighted by Crippen LogP contribution is 2.27. The Kier molecular flexibility index (Phi) is 7.53. The molecule has 34 heavy (non-hydrogen) atoms. The van der Waals surface area contributed by atoms with E-state index in [9.17, 15) is 18.0 Å². The fourth-order valence-electron chi connectivity index (χ4n) is 4.54. The van der Waals surface area contributed by atoms with Gasteiger partial charge in [-0.3, -0.25) is 9.59 Å². The molecule has 1 aliphatic heterocycles. The van der Waals surface area contributed by atoms with Gasteiger partial charge in [0.2, 0.25) is 21.8 Å². The number of nitrogens with one attached hydrogen (secondary N) is 2. The van der Waals surface area contributed by atoms with E-state index in [-0.39, 0.29) is 29.2 Å². The van der Waals surface area contributed by atoms with Crippen molar-refractivity contribution >= 4 is 27.5 Å². The third-order valence-electron chi connectivity index (χ3n) is 6.50. The van der Waals surface area contributed by atoms with Gasteiger partial charge in [-0.1, -0.05) is 25.0 Å². The van der Waals surface area contributed by atoms with Crippen LogP contribution in [0.5, 0.6) is 5.75 Å². The smallest absolute Gasteiger partial charge is 0.240 e. The van der Waals surface area contributed by atoms with Crippen molar-refractivity contribution < 1.29 is 22.7 Å². The molecule has 8 nitrogen and oxygen atoms in total. The summed E-state index contributed by atoms with van der Waals surface area (Å²) in [5.41, 5.74) is 1.68. The summed E-state index contributed by atoms with van der Waals surface area (Å²) in [6.45, 7) is 0.760. The van der Waals surface area contributed by atoms with Crippen molar-refractivity contribution in [2.24, 2.45) is 5.92 Å². The molecule has 1 aliphatic carbocycles. The highest BCUT2D eigenvalue weighted by atomic mass is 32.2. The zero-order valence-corrected chi connectivity index (χ0v) is 20.1. The average Bonchev–Trinajstić information content (AvgIpc) is 3.48. The average molecular weight is 486 g/mol. The Balaban J connectivity index is 1.25. The number of hydrogen-bond acceptors (Lipinski definition) is 5. The van der Waals surface area contributed by atoms with Crippen molar-refractivity contribution in [1.29, 1.82) is 0 Å². The lowest BCUT2D eigenvalue weighted by Gasteiger charge is -2.17. The van der Waals surface area contributed by atoms with Crippen LogP contribution in [0, 0.1) is 5.92 Å². The molecular weight excluding hydrogens is 454 g/mol. The molecule has 1 saturated carbocycles. The van der Waals surface area contributed by atoms with E-state index >= 15 is 0 Å². The number of anilines is 1. The summed E-state index contributed by atoms with van der Waals surface area (Å²) in [7, 11) is -1.92. The van der Waals surface area contributed by atoms with Crippen molar-refractivity contribution in [1.82, 2.24) is 10.0 Å². The molecule has 1 heterocycles. The Hall–Kier alpha value is -2.91. The van der Waals surface area contributed by atoms with Crippen molar-refractivity contribution in [3.63, 3.8) is 0 Å². The van der Waals surface area contributed by atoms with E-state index in [1.165, 1.54) is 0 Å². The van der Waals surface area contributed by atoms with Crippen molar-refractivity contribution in [3.8, 4) is 5.75 Å². The molecule has 2 aliphatic rings. The summed E-state index contributed by atoms with van der Waals surface area (Å²) < 4.78 is 33.0. The van der Waals surface area contributed by atoms with E-state index in [2.05, 4.69) is 10.0 Å². The summed E-state index contributed by atoms with van der Waals surface area (Å²) in [5.74, 6) is 0.0850. The minimum atomic E-state index is -3.51. The molecule has 0 radical (unpaired) electrons. The maximum absolute atomic E-state index is 12.6. The van der Waals surface area contributed by atoms with E-state index in [1.54, 1.807) is 48.4 Å². The standard InChI is InChI=1S/C25H31N3O5S/c1-33-22-10-8-21(9-11-22)28-17-19(16-24(28)29)25(30)26-15-14-18-6-12-23(13-7-18)34(31,32)27-20-4-2-3-5-20/h6-13,19-20,27H,2-5,14-17H2,1H3,(H,26,30). The molecule has 1 unspecified atom stereocenters. The van der Waals surface area contributed by atoms with Crippen LogP contribution >= 0.6 is 0 Å². The Morgan fingerprint density at radius 1 is 1.06 bits per heavy atom. The molecule has 2 amide bonds. The molecule has 9 heteroatoms. The van der Waals surface area contributed by atoms with Gasteiger partial charge in [0.05, 0.1) is 17.9 Å². The predicted octanol–water partition coefficient (Wildman–Crippen LogP) is 2.63. The second kappa shape index (κ2) is 10.6. The number of hydrogen-bond donors (Lipinski definition) is 2. The van der Waals surface area contributed by atoms with Gasteiger partial charge in [-0.05, 0) is 61.2 Å². The molecule has 2 N–H and O–H groups in total. The summed E-state index contributed by atoms with van der Waals surface area (Å²) in [5, 5.41) is 2.91. The molecule has 4 rings (SSSR count). The monoisotopic (exact) mass is 485 g/mol. The van der Waals surface area contributed by atoms with Gasteiger partial charge < -0.3 is 15.0 Å². The van der Waals surface area contributed by atoms with Gasteiger partial charge in [-0.15, -0.1) is 0 Å². The molecule has 2 fully saturated rings. The minimum absolute atomic E-state index is 0.0306. The first-order valence-corrected chi connectivity index (χ1v) is 13.2. The number of rotatable bonds is 9. The summed E-state index contributed by atoms with van der Waals surface area (Å²) >= 11 is 0. The normalized spacial score (nSPS) is 18.9. The first kappa shape index (κ1) is 24.2. The number of amides is 2. The lowest BCUT2D eigenvalue weighted by atomic mass is 10.1. The molecule has 2 aromatic carbocycles. The van der Waals surface area contributed by atoms with E-state index in [1.807, 2.05) is 12.1 Å². The lowest BCUT2D eigenvalue weighted by Crippen LogP contribution is -2.34. The van der Waals surface area contributed by atoms with Crippen LogP contribution in [0.2, 0.25) is 0 Å². The van der Waals surface area contributed by atoms with Crippen LogP contribution in [0.4, 0.5) is 5.69 Å². The van der Waals surface area contributed by atoms with Crippen LogP contribution < -0.4 is 19.7 Å². The van der Waals surface area contributed by atoms with Crippen LogP contribution in [0.15, 0.2) is 53.4 Å². The van der Waals surface area contributed by atoms with Gasteiger partial charge in [0.25, 0.3) is 0 Å². The zero-order chi connectivity index (χ0) is 24.1. The largest absolute Gasteiger partial charge is 0.497 e. The number of sulfonamides is 1. The van der Waals surface area contributed by atoms with E-state index in [0.717, 1.165) is 36.9 Å².